The maximum atomic E-state index is 12.1. The molecule has 0 atom stereocenters. The molecule has 2 rings (SSSR count). The number of amides is 1. The summed E-state index contributed by atoms with van der Waals surface area (Å²) in [7, 11) is 0. The van der Waals surface area contributed by atoms with E-state index in [4.69, 9.17) is 9.84 Å². The molecule has 5 nitrogen and oxygen atoms in total. The van der Waals surface area contributed by atoms with Crippen LogP contribution in [0.3, 0.4) is 0 Å². The molecule has 1 amide bonds. The number of thiophene rings is 1. The molecule has 2 N–H and O–H groups in total. The Morgan fingerprint density at radius 2 is 2.30 bits per heavy atom. The van der Waals surface area contributed by atoms with E-state index >= 15 is 0 Å². The number of ether oxygens (including phenoxy) is 1. The zero-order chi connectivity index (χ0) is 14.5. The molecule has 0 radical (unpaired) electrons. The predicted molar refractivity (Wildman–Crippen MR) is 76.9 cm³/mol. The van der Waals surface area contributed by atoms with Gasteiger partial charge in [-0.05, 0) is 42.9 Å². The van der Waals surface area contributed by atoms with Crippen molar-refractivity contribution in [1.82, 2.24) is 5.32 Å². The van der Waals surface area contributed by atoms with Crippen LogP contribution in [0.25, 0.3) is 6.08 Å². The third-order valence-electron chi connectivity index (χ3n) is 3.14. The molecule has 0 saturated heterocycles. The van der Waals surface area contributed by atoms with Crippen molar-refractivity contribution >= 4 is 29.3 Å². The number of nitrogens with one attached hydrogen (secondary N) is 1. The van der Waals surface area contributed by atoms with Gasteiger partial charge in [0.25, 0.3) is 5.91 Å². The summed E-state index contributed by atoms with van der Waals surface area (Å²) in [6, 6.07) is 1.89. The summed E-state index contributed by atoms with van der Waals surface area (Å²) < 4.78 is 5.44. The van der Waals surface area contributed by atoms with Crippen molar-refractivity contribution < 1.29 is 19.4 Å². The van der Waals surface area contributed by atoms with E-state index in [1.807, 2.05) is 6.92 Å². The molecule has 1 heterocycles. The number of hydrogen-bond donors (Lipinski definition) is 2. The van der Waals surface area contributed by atoms with Crippen LogP contribution in [0.2, 0.25) is 0 Å². The Morgan fingerprint density at radius 1 is 1.55 bits per heavy atom. The van der Waals surface area contributed by atoms with Gasteiger partial charge in [0.2, 0.25) is 0 Å². The molecule has 1 aromatic rings. The van der Waals surface area contributed by atoms with Crippen LogP contribution < -0.4 is 5.32 Å². The number of rotatable bonds is 6. The molecule has 108 valence electrons. The van der Waals surface area contributed by atoms with E-state index in [9.17, 15) is 9.59 Å². The van der Waals surface area contributed by atoms with Crippen molar-refractivity contribution in [3.63, 3.8) is 0 Å². The van der Waals surface area contributed by atoms with Gasteiger partial charge in [0.05, 0.1) is 11.0 Å². The largest absolute Gasteiger partial charge is 0.478 e. The van der Waals surface area contributed by atoms with Crippen molar-refractivity contribution in [2.45, 2.75) is 31.9 Å². The second-order valence-electron chi connectivity index (χ2n) is 4.60. The lowest BCUT2D eigenvalue weighted by Crippen LogP contribution is -2.47. The van der Waals surface area contributed by atoms with Crippen molar-refractivity contribution in [1.29, 1.82) is 0 Å². The Bertz CT molecular complexity index is 517. The van der Waals surface area contributed by atoms with Crippen LogP contribution in [0.1, 0.15) is 35.0 Å². The van der Waals surface area contributed by atoms with E-state index in [2.05, 4.69) is 5.32 Å². The second-order valence-corrected chi connectivity index (χ2v) is 5.51. The average molecular weight is 295 g/mol. The molecule has 0 aromatic carbocycles. The van der Waals surface area contributed by atoms with Crippen LogP contribution in [-0.2, 0) is 9.53 Å². The van der Waals surface area contributed by atoms with E-state index in [0.717, 1.165) is 18.9 Å². The first-order valence-electron chi connectivity index (χ1n) is 6.51. The normalized spacial score (nSPS) is 21.6. The van der Waals surface area contributed by atoms with Crippen molar-refractivity contribution in [2.75, 3.05) is 6.61 Å². The summed E-state index contributed by atoms with van der Waals surface area (Å²) in [5.74, 6) is -1.17. The first-order chi connectivity index (χ1) is 9.60. The molecule has 1 aromatic heterocycles. The first-order valence-corrected chi connectivity index (χ1v) is 7.39. The Balaban J connectivity index is 1.91. The fourth-order valence-electron chi connectivity index (χ4n) is 2.10. The summed E-state index contributed by atoms with van der Waals surface area (Å²) in [6.45, 7) is 2.65. The van der Waals surface area contributed by atoms with Crippen LogP contribution in [0, 0.1) is 0 Å². The minimum atomic E-state index is -1.03. The Hall–Kier alpha value is -1.66. The Kier molecular flexibility index (Phi) is 4.92. The van der Waals surface area contributed by atoms with Gasteiger partial charge in [-0.15, -0.1) is 11.3 Å². The molecule has 20 heavy (non-hydrogen) atoms. The van der Waals surface area contributed by atoms with E-state index in [-0.39, 0.29) is 18.1 Å². The minimum absolute atomic E-state index is 0.148. The topological polar surface area (TPSA) is 75.6 Å². The lowest BCUT2D eigenvalue weighted by molar-refractivity contribution is -0.131. The number of carboxylic acid groups (broad SMARTS) is 1. The monoisotopic (exact) mass is 295 g/mol. The van der Waals surface area contributed by atoms with Crippen LogP contribution >= 0.6 is 11.3 Å². The van der Waals surface area contributed by atoms with E-state index in [0.29, 0.717) is 17.0 Å². The Morgan fingerprint density at radius 3 is 2.95 bits per heavy atom. The minimum Gasteiger partial charge on any atom is -0.478 e. The summed E-state index contributed by atoms with van der Waals surface area (Å²) in [5, 5.41) is 13.3. The standard InChI is InChI=1S/C14H17NO4S/c1-2-19-11-7-10(8-11)15-14(18)13-9(5-6-20-13)3-4-12(16)17/h3-6,10-11H,2,7-8H2,1H3,(H,15,18)(H,16,17)/b4-3+. The highest BCUT2D eigenvalue weighted by atomic mass is 32.1. The zero-order valence-corrected chi connectivity index (χ0v) is 12.0. The number of carbonyl (C=O) groups excluding carboxylic acids is 1. The third kappa shape index (κ3) is 3.68. The van der Waals surface area contributed by atoms with Crippen LogP contribution in [0.15, 0.2) is 17.5 Å². The molecule has 0 unspecified atom stereocenters. The van der Waals surface area contributed by atoms with Crippen LogP contribution in [-0.4, -0.2) is 35.7 Å². The molecule has 0 spiro atoms. The maximum absolute atomic E-state index is 12.1. The molecular weight excluding hydrogens is 278 g/mol. The van der Waals surface area contributed by atoms with Gasteiger partial charge in [-0.3, -0.25) is 4.79 Å². The molecule has 0 bridgehead atoms. The number of aliphatic carboxylic acids is 1. The van der Waals surface area contributed by atoms with Crippen molar-refractivity contribution in [3.05, 3.63) is 28.0 Å². The maximum Gasteiger partial charge on any atom is 0.328 e. The van der Waals surface area contributed by atoms with Gasteiger partial charge in [-0.2, -0.15) is 0 Å². The number of carboxylic acids is 1. The highest BCUT2D eigenvalue weighted by Gasteiger charge is 2.31. The summed E-state index contributed by atoms with van der Waals surface area (Å²) >= 11 is 1.31. The molecule has 1 aliphatic rings. The summed E-state index contributed by atoms with van der Waals surface area (Å²) in [6.07, 6.45) is 4.40. The molecule has 1 saturated carbocycles. The van der Waals surface area contributed by atoms with E-state index in [1.165, 1.54) is 17.4 Å². The average Bonchev–Trinajstić information content (AvgIpc) is 2.82. The van der Waals surface area contributed by atoms with Gasteiger partial charge in [-0.1, -0.05) is 0 Å². The van der Waals surface area contributed by atoms with Gasteiger partial charge < -0.3 is 15.2 Å². The van der Waals surface area contributed by atoms with Crippen LogP contribution in [0.4, 0.5) is 0 Å². The Labute approximate surface area is 121 Å². The lowest BCUT2D eigenvalue weighted by atomic mass is 9.89. The molecular formula is C14H17NO4S. The zero-order valence-electron chi connectivity index (χ0n) is 11.2. The van der Waals surface area contributed by atoms with Gasteiger partial charge >= 0.3 is 5.97 Å². The van der Waals surface area contributed by atoms with Gasteiger partial charge in [0, 0.05) is 18.7 Å². The highest BCUT2D eigenvalue weighted by Crippen LogP contribution is 2.25. The number of carbonyl (C=O) groups is 2. The predicted octanol–water partition coefficient (Wildman–Crippen LogP) is 2.14. The second kappa shape index (κ2) is 6.67. The van der Waals surface area contributed by atoms with Crippen molar-refractivity contribution in [3.8, 4) is 0 Å². The summed E-state index contributed by atoms with van der Waals surface area (Å²) in [5.41, 5.74) is 0.635. The third-order valence-corrected chi connectivity index (χ3v) is 4.07. The molecule has 1 fully saturated rings. The quantitative estimate of drug-likeness (QED) is 0.788. The lowest BCUT2D eigenvalue weighted by Gasteiger charge is -2.35. The molecule has 0 aliphatic heterocycles. The van der Waals surface area contributed by atoms with E-state index < -0.39 is 5.97 Å². The fraction of sp³-hybridized carbons (Fsp3) is 0.429. The van der Waals surface area contributed by atoms with Crippen molar-refractivity contribution in [2.24, 2.45) is 0 Å². The number of hydrogen-bond acceptors (Lipinski definition) is 4. The van der Waals surface area contributed by atoms with Gasteiger partial charge in [-0.25, -0.2) is 4.79 Å². The van der Waals surface area contributed by atoms with E-state index in [1.54, 1.807) is 11.4 Å². The highest BCUT2D eigenvalue weighted by molar-refractivity contribution is 7.12. The first kappa shape index (κ1) is 14.7. The fourth-order valence-corrected chi connectivity index (χ4v) is 2.89. The van der Waals surface area contributed by atoms with Gasteiger partial charge in [0.15, 0.2) is 0 Å². The SMILES string of the molecule is CCOC1CC(NC(=O)c2sccc2/C=C/C(=O)O)C1. The summed E-state index contributed by atoms with van der Waals surface area (Å²) in [4.78, 5) is 23.2. The molecule has 1 aliphatic carbocycles. The smallest absolute Gasteiger partial charge is 0.328 e. The molecule has 6 heteroatoms. The van der Waals surface area contributed by atoms with Gasteiger partial charge in [0.1, 0.15) is 0 Å². The van der Waals surface area contributed by atoms with Crippen LogP contribution in [0.5, 0.6) is 0 Å².